The number of anilines is 1. The lowest BCUT2D eigenvalue weighted by molar-refractivity contribution is -0.128. The first-order valence-corrected chi connectivity index (χ1v) is 6.37. The molecule has 0 radical (unpaired) electrons. The Bertz CT molecular complexity index is 679. The molecule has 2 heterocycles. The molecule has 8 heteroatoms. The van der Waals surface area contributed by atoms with Crippen molar-refractivity contribution in [2.45, 2.75) is 6.54 Å². The van der Waals surface area contributed by atoms with Gasteiger partial charge in [0.15, 0.2) is 0 Å². The first-order valence-electron chi connectivity index (χ1n) is 6.37. The van der Waals surface area contributed by atoms with Gasteiger partial charge in [-0.05, 0) is 24.3 Å². The Morgan fingerprint density at radius 2 is 2.05 bits per heavy atom. The number of benzene rings is 1. The largest absolute Gasteiger partial charge is 0.345 e. The highest BCUT2D eigenvalue weighted by molar-refractivity contribution is 6.04. The molecule has 0 spiro atoms. The molecule has 0 aliphatic carbocycles. The number of carbonyl (C=O) groups is 2. The number of rotatable bonds is 3. The smallest absolute Gasteiger partial charge is 0.246 e. The van der Waals surface area contributed by atoms with Gasteiger partial charge < -0.3 is 20.5 Å². The average Bonchev–Trinajstić information content (AvgIpc) is 2.99. The molecule has 1 saturated heterocycles. The molecule has 1 fully saturated rings. The van der Waals surface area contributed by atoms with E-state index < -0.39 is 0 Å². The van der Waals surface area contributed by atoms with Crippen molar-refractivity contribution in [1.29, 1.82) is 0 Å². The number of hydrogen-bond acceptors (Lipinski definition) is 6. The Hall–Kier alpha value is -2.74. The van der Waals surface area contributed by atoms with Gasteiger partial charge >= 0.3 is 0 Å². The molecule has 21 heavy (non-hydrogen) atoms. The summed E-state index contributed by atoms with van der Waals surface area (Å²) in [5, 5.41) is 6.32. The predicted molar refractivity (Wildman–Crippen MR) is 73.0 cm³/mol. The molecule has 1 aliphatic heterocycles. The molecular formula is C13H13N5O3. The van der Waals surface area contributed by atoms with Crippen LogP contribution in [0.3, 0.4) is 0 Å². The SMILES string of the molecule is NCc1nc(-c2ccc(N3CC(=O)NCC3=O)cc2)no1. The molecule has 3 N–H and O–H groups in total. The fourth-order valence-electron chi connectivity index (χ4n) is 2.04. The average molecular weight is 287 g/mol. The van der Waals surface area contributed by atoms with E-state index in [4.69, 9.17) is 10.3 Å². The fraction of sp³-hybridized carbons (Fsp3) is 0.231. The Kier molecular flexibility index (Phi) is 3.36. The number of nitrogens with one attached hydrogen (secondary N) is 1. The maximum Gasteiger partial charge on any atom is 0.246 e. The molecule has 8 nitrogen and oxygen atoms in total. The van der Waals surface area contributed by atoms with Crippen LogP contribution >= 0.6 is 0 Å². The second kappa shape index (κ2) is 5.33. The molecule has 0 bridgehead atoms. The summed E-state index contributed by atoms with van der Waals surface area (Å²) in [6, 6.07) is 7.01. The van der Waals surface area contributed by atoms with Crippen LogP contribution in [0.2, 0.25) is 0 Å². The topological polar surface area (TPSA) is 114 Å². The van der Waals surface area contributed by atoms with Crippen molar-refractivity contribution in [3.8, 4) is 11.4 Å². The molecule has 1 aromatic carbocycles. The van der Waals surface area contributed by atoms with Crippen LogP contribution in [0, 0.1) is 0 Å². The summed E-state index contributed by atoms with van der Waals surface area (Å²) < 4.78 is 4.94. The fourth-order valence-corrected chi connectivity index (χ4v) is 2.04. The van der Waals surface area contributed by atoms with E-state index in [1.807, 2.05) is 0 Å². The number of nitrogens with two attached hydrogens (primary N) is 1. The standard InChI is InChI=1S/C13H13N5O3/c14-5-11-16-13(17-21-11)8-1-3-9(4-2-8)18-7-10(19)15-6-12(18)20/h1-4H,5-7,14H2,(H,15,19). The van der Waals surface area contributed by atoms with E-state index >= 15 is 0 Å². The van der Waals surface area contributed by atoms with Crippen molar-refractivity contribution in [3.05, 3.63) is 30.2 Å². The maximum absolute atomic E-state index is 11.8. The van der Waals surface area contributed by atoms with Gasteiger partial charge in [0, 0.05) is 11.3 Å². The van der Waals surface area contributed by atoms with E-state index in [2.05, 4.69) is 15.5 Å². The van der Waals surface area contributed by atoms with Crippen molar-refractivity contribution in [2.24, 2.45) is 5.73 Å². The van der Waals surface area contributed by atoms with Gasteiger partial charge in [-0.1, -0.05) is 5.16 Å². The van der Waals surface area contributed by atoms with Gasteiger partial charge in [0.2, 0.25) is 23.5 Å². The van der Waals surface area contributed by atoms with Crippen LogP contribution in [0.1, 0.15) is 5.89 Å². The minimum atomic E-state index is -0.176. The van der Waals surface area contributed by atoms with Crippen LogP contribution in [0.5, 0.6) is 0 Å². The summed E-state index contributed by atoms with van der Waals surface area (Å²) in [7, 11) is 0. The number of amides is 2. The minimum Gasteiger partial charge on any atom is -0.345 e. The zero-order chi connectivity index (χ0) is 14.8. The number of nitrogens with zero attached hydrogens (tertiary/aromatic N) is 3. The van der Waals surface area contributed by atoms with Gasteiger partial charge in [-0.2, -0.15) is 4.98 Å². The Labute approximate surface area is 119 Å². The molecule has 1 aliphatic rings. The number of carbonyl (C=O) groups excluding carboxylic acids is 2. The van der Waals surface area contributed by atoms with E-state index in [9.17, 15) is 9.59 Å². The lowest BCUT2D eigenvalue weighted by Gasteiger charge is -2.26. The molecular weight excluding hydrogens is 274 g/mol. The zero-order valence-electron chi connectivity index (χ0n) is 11.1. The van der Waals surface area contributed by atoms with Crippen molar-refractivity contribution in [1.82, 2.24) is 15.5 Å². The Morgan fingerprint density at radius 3 is 2.71 bits per heavy atom. The predicted octanol–water partition coefficient (Wildman–Crippen LogP) is -0.342. The van der Waals surface area contributed by atoms with E-state index in [1.165, 1.54) is 4.90 Å². The zero-order valence-corrected chi connectivity index (χ0v) is 11.1. The van der Waals surface area contributed by atoms with Crippen LogP contribution in [0.4, 0.5) is 5.69 Å². The first kappa shape index (κ1) is 13.3. The Morgan fingerprint density at radius 1 is 1.29 bits per heavy atom. The molecule has 2 amide bonds. The summed E-state index contributed by atoms with van der Waals surface area (Å²) in [6.45, 7) is 0.228. The highest BCUT2D eigenvalue weighted by atomic mass is 16.5. The van der Waals surface area contributed by atoms with Crippen molar-refractivity contribution >= 4 is 17.5 Å². The van der Waals surface area contributed by atoms with Crippen LogP contribution < -0.4 is 16.0 Å². The highest BCUT2D eigenvalue weighted by Gasteiger charge is 2.24. The maximum atomic E-state index is 11.8. The highest BCUT2D eigenvalue weighted by Crippen LogP contribution is 2.21. The summed E-state index contributed by atoms with van der Waals surface area (Å²) in [5.74, 6) is 0.471. The van der Waals surface area contributed by atoms with Gasteiger partial charge in [0.25, 0.3) is 0 Å². The van der Waals surface area contributed by atoms with Crippen molar-refractivity contribution < 1.29 is 14.1 Å². The van der Waals surface area contributed by atoms with Gasteiger partial charge in [-0.15, -0.1) is 0 Å². The lowest BCUT2D eigenvalue weighted by atomic mass is 10.1. The normalized spacial score (nSPS) is 15.2. The summed E-state index contributed by atoms with van der Waals surface area (Å²) >= 11 is 0. The van der Waals surface area contributed by atoms with Crippen molar-refractivity contribution in [2.75, 3.05) is 18.0 Å². The van der Waals surface area contributed by atoms with Gasteiger partial charge in [-0.25, -0.2) is 0 Å². The summed E-state index contributed by atoms with van der Waals surface area (Å²) in [4.78, 5) is 28.7. The summed E-state index contributed by atoms with van der Waals surface area (Å²) in [5.41, 5.74) is 6.81. The van der Waals surface area contributed by atoms with Gasteiger partial charge in [0.1, 0.15) is 6.54 Å². The number of piperazine rings is 1. The molecule has 0 atom stereocenters. The van der Waals surface area contributed by atoms with E-state index in [0.717, 1.165) is 5.56 Å². The number of hydrogen-bond donors (Lipinski definition) is 2. The van der Waals surface area contributed by atoms with E-state index in [0.29, 0.717) is 17.4 Å². The molecule has 1 aromatic heterocycles. The van der Waals surface area contributed by atoms with Crippen LogP contribution in [0.15, 0.2) is 28.8 Å². The minimum absolute atomic E-state index is 0.0191. The van der Waals surface area contributed by atoms with E-state index in [1.54, 1.807) is 24.3 Å². The molecule has 0 saturated carbocycles. The third-order valence-electron chi connectivity index (χ3n) is 3.12. The quantitative estimate of drug-likeness (QED) is 0.798. The van der Waals surface area contributed by atoms with Gasteiger partial charge in [0.05, 0.1) is 13.1 Å². The van der Waals surface area contributed by atoms with E-state index in [-0.39, 0.29) is 31.4 Å². The third kappa shape index (κ3) is 2.61. The van der Waals surface area contributed by atoms with Crippen LogP contribution in [-0.4, -0.2) is 35.0 Å². The summed E-state index contributed by atoms with van der Waals surface area (Å²) in [6.07, 6.45) is 0. The molecule has 108 valence electrons. The van der Waals surface area contributed by atoms with Crippen LogP contribution in [0.25, 0.3) is 11.4 Å². The first-order chi connectivity index (χ1) is 10.2. The van der Waals surface area contributed by atoms with Crippen LogP contribution in [-0.2, 0) is 16.1 Å². The molecule has 0 unspecified atom stereocenters. The lowest BCUT2D eigenvalue weighted by Crippen LogP contribution is -2.51. The monoisotopic (exact) mass is 287 g/mol. The third-order valence-corrected chi connectivity index (χ3v) is 3.12. The van der Waals surface area contributed by atoms with Gasteiger partial charge in [-0.3, -0.25) is 9.59 Å². The molecule has 2 aromatic rings. The second-order valence-electron chi connectivity index (χ2n) is 4.52. The second-order valence-corrected chi connectivity index (χ2v) is 4.52. The Balaban J connectivity index is 1.83. The molecule has 3 rings (SSSR count). The van der Waals surface area contributed by atoms with Crippen molar-refractivity contribution in [3.63, 3.8) is 0 Å². The number of aromatic nitrogens is 2.